The summed E-state index contributed by atoms with van der Waals surface area (Å²) < 4.78 is 13.5. The molecule has 0 aromatic carbocycles. The third kappa shape index (κ3) is 4.58. The molecule has 0 saturated heterocycles. The Morgan fingerprint density at radius 3 is 2.14 bits per heavy atom. The molecule has 2 aliphatic carbocycles. The van der Waals surface area contributed by atoms with E-state index in [1.807, 2.05) is 0 Å². The molecule has 0 amide bonds. The zero-order valence-corrected chi connectivity index (χ0v) is 16.2. The number of rotatable bonds is 9. The third-order valence-electron chi connectivity index (χ3n) is 5.79. The first-order chi connectivity index (χ1) is 10.7. The topological polar surface area (TPSA) is 18.5 Å². The van der Waals surface area contributed by atoms with Crippen LogP contribution in [-0.4, -0.2) is 21.8 Å². The van der Waals surface area contributed by atoms with Gasteiger partial charge in [0.15, 0.2) is 0 Å². The van der Waals surface area contributed by atoms with Gasteiger partial charge >= 0.3 is 8.56 Å². The summed E-state index contributed by atoms with van der Waals surface area (Å²) in [7, 11) is -2.06. The highest BCUT2D eigenvalue weighted by Gasteiger charge is 2.53. The van der Waals surface area contributed by atoms with Gasteiger partial charge in [0.2, 0.25) is 0 Å². The number of hydrogen-bond donors (Lipinski definition) is 0. The quantitative estimate of drug-likeness (QED) is 0.371. The maximum atomic E-state index is 6.76. The van der Waals surface area contributed by atoms with Gasteiger partial charge in [-0.1, -0.05) is 52.9 Å². The van der Waals surface area contributed by atoms with Gasteiger partial charge in [0.05, 0.1) is 0 Å². The molecule has 0 aromatic heterocycles. The zero-order chi connectivity index (χ0) is 15.8. The van der Waals surface area contributed by atoms with Crippen LogP contribution in [0.5, 0.6) is 0 Å². The van der Waals surface area contributed by atoms with Gasteiger partial charge < -0.3 is 8.85 Å². The lowest BCUT2D eigenvalue weighted by molar-refractivity contribution is 0.134. The Morgan fingerprint density at radius 2 is 1.50 bits per heavy atom. The monoisotopic (exact) mass is 326 g/mol. The predicted molar refractivity (Wildman–Crippen MR) is 96.5 cm³/mol. The standard InChI is InChI=1S/C19H38O2Si/c1-4-6-15-21-22(20-14-5-2,18-11-7-8-12-18)19-13-9-10-17(3)16-19/h17-19H,4-16H2,1-3H3. The molecule has 2 fully saturated rings. The van der Waals surface area contributed by atoms with E-state index in [0.29, 0.717) is 0 Å². The average molecular weight is 327 g/mol. The summed E-state index contributed by atoms with van der Waals surface area (Å²) in [5.41, 5.74) is 1.52. The van der Waals surface area contributed by atoms with Gasteiger partial charge in [0.1, 0.15) is 0 Å². The first-order valence-corrected chi connectivity index (χ1v) is 12.0. The molecule has 2 aliphatic rings. The molecule has 2 rings (SSSR count). The predicted octanol–water partition coefficient (Wildman–Crippen LogP) is 6.20. The highest BCUT2D eigenvalue weighted by molar-refractivity contribution is 6.70. The minimum atomic E-state index is -2.06. The fourth-order valence-electron chi connectivity index (χ4n) is 4.61. The van der Waals surface area contributed by atoms with Crippen molar-refractivity contribution in [2.24, 2.45) is 5.92 Å². The fourth-order valence-corrected chi connectivity index (χ4v) is 9.84. The van der Waals surface area contributed by atoms with Gasteiger partial charge in [-0.15, -0.1) is 0 Å². The fraction of sp³-hybridized carbons (Fsp3) is 1.00. The van der Waals surface area contributed by atoms with Crippen LogP contribution in [0.25, 0.3) is 0 Å². The molecular weight excluding hydrogens is 288 g/mol. The van der Waals surface area contributed by atoms with E-state index in [-0.39, 0.29) is 0 Å². The minimum Gasteiger partial charge on any atom is -0.394 e. The Labute approximate surface area is 139 Å². The van der Waals surface area contributed by atoms with Crippen molar-refractivity contribution in [2.45, 2.75) is 102 Å². The van der Waals surface area contributed by atoms with Crippen molar-refractivity contribution >= 4 is 8.56 Å². The van der Waals surface area contributed by atoms with Crippen molar-refractivity contribution in [3.63, 3.8) is 0 Å². The first kappa shape index (κ1) is 18.5. The van der Waals surface area contributed by atoms with E-state index in [4.69, 9.17) is 8.85 Å². The number of hydrogen-bond acceptors (Lipinski definition) is 2. The van der Waals surface area contributed by atoms with Crippen molar-refractivity contribution < 1.29 is 8.85 Å². The third-order valence-corrected chi connectivity index (χ3v) is 10.5. The molecule has 3 heteroatoms. The lowest BCUT2D eigenvalue weighted by Crippen LogP contribution is -2.52. The van der Waals surface area contributed by atoms with Crippen LogP contribution < -0.4 is 0 Å². The molecule has 130 valence electrons. The van der Waals surface area contributed by atoms with E-state index in [1.54, 1.807) is 0 Å². The van der Waals surface area contributed by atoms with Crippen LogP contribution in [-0.2, 0) is 8.85 Å². The SMILES string of the molecule is CCCCO[Si](OCCC)(C1CCCC1)C1CCCC(C)C1. The average Bonchev–Trinajstić information content (AvgIpc) is 3.06. The Balaban J connectivity index is 2.16. The molecule has 2 nitrogen and oxygen atoms in total. The summed E-state index contributed by atoms with van der Waals surface area (Å²) in [6.07, 6.45) is 14.6. The second-order valence-corrected chi connectivity index (χ2v) is 11.4. The summed E-state index contributed by atoms with van der Waals surface area (Å²) in [5.74, 6) is 0.868. The minimum absolute atomic E-state index is 0.753. The Hall–Kier alpha value is 0.137. The first-order valence-electron chi connectivity index (χ1n) is 10.0. The molecule has 0 aromatic rings. The van der Waals surface area contributed by atoms with Gasteiger partial charge in [-0.05, 0) is 44.4 Å². The van der Waals surface area contributed by atoms with Gasteiger partial charge in [0.25, 0.3) is 0 Å². The summed E-state index contributed by atoms with van der Waals surface area (Å²) in [5, 5.41) is 0. The van der Waals surface area contributed by atoms with Crippen molar-refractivity contribution in [2.75, 3.05) is 13.2 Å². The Bertz CT molecular complexity index is 304. The molecule has 0 heterocycles. The molecule has 22 heavy (non-hydrogen) atoms. The summed E-state index contributed by atoms with van der Waals surface area (Å²) >= 11 is 0. The molecular formula is C19H38O2Si. The van der Waals surface area contributed by atoms with Crippen LogP contribution in [0.4, 0.5) is 0 Å². The van der Waals surface area contributed by atoms with E-state index in [2.05, 4.69) is 20.8 Å². The van der Waals surface area contributed by atoms with Crippen LogP contribution in [0.3, 0.4) is 0 Å². The maximum absolute atomic E-state index is 6.76. The molecule has 0 bridgehead atoms. The van der Waals surface area contributed by atoms with Gasteiger partial charge in [0, 0.05) is 24.3 Å². The van der Waals surface area contributed by atoms with E-state index < -0.39 is 8.56 Å². The van der Waals surface area contributed by atoms with Gasteiger partial charge in [-0.25, -0.2) is 0 Å². The van der Waals surface area contributed by atoms with Crippen molar-refractivity contribution in [1.29, 1.82) is 0 Å². The van der Waals surface area contributed by atoms with Crippen LogP contribution >= 0.6 is 0 Å². The largest absolute Gasteiger partial charge is 0.394 e. The van der Waals surface area contributed by atoms with Crippen LogP contribution in [0, 0.1) is 5.92 Å². The Morgan fingerprint density at radius 1 is 0.818 bits per heavy atom. The van der Waals surface area contributed by atoms with Crippen molar-refractivity contribution in [3.05, 3.63) is 0 Å². The molecule has 3 unspecified atom stereocenters. The van der Waals surface area contributed by atoms with Crippen LogP contribution in [0.1, 0.15) is 91.4 Å². The van der Waals surface area contributed by atoms with Crippen molar-refractivity contribution in [3.8, 4) is 0 Å². The van der Waals surface area contributed by atoms with Gasteiger partial charge in [-0.3, -0.25) is 0 Å². The number of unbranched alkanes of at least 4 members (excludes halogenated alkanes) is 1. The normalized spacial score (nSPS) is 29.6. The van der Waals surface area contributed by atoms with E-state index in [9.17, 15) is 0 Å². The van der Waals surface area contributed by atoms with Crippen LogP contribution in [0.2, 0.25) is 11.1 Å². The lowest BCUT2D eigenvalue weighted by Gasteiger charge is -2.44. The maximum Gasteiger partial charge on any atom is 0.344 e. The Kier molecular flexibility index (Phi) is 7.92. The lowest BCUT2D eigenvalue weighted by atomic mass is 9.90. The van der Waals surface area contributed by atoms with E-state index >= 15 is 0 Å². The molecule has 0 aliphatic heterocycles. The molecule has 0 N–H and O–H groups in total. The van der Waals surface area contributed by atoms with Crippen LogP contribution in [0.15, 0.2) is 0 Å². The highest BCUT2D eigenvalue weighted by atomic mass is 28.4. The smallest absolute Gasteiger partial charge is 0.344 e. The molecule has 0 spiro atoms. The zero-order valence-electron chi connectivity index (χ0n) is 15.2. The summed E-state index contributed by atoms with van der Waals surface area (Å²) in [4.78, 5) is 0. The van der Waals surface area contributed by atoms with Gasteiger partial charge in [-0.2, -0.15) is 0 Å². The van der Waals surface area contributed by atoms with E-state index in [0.717, 1.165) is 36.6 Å². The second-order valence-electron chi connectivity index (χ2n) is 7.72. The summed E-state index contributed by atoms with van der Waals surface area (Å²) in [6, 6.07) is 0. The molecule has 0 radical (unpaired) electrons. The summed E-state index contributed by atoms with van der Waals surface area (Å²) in [6.45, 7) is 8.79. The van der Waals surface area contributed by atoms with E-state index in [1.165, 1.54) is 64.2 Å². The van der Waals surface area contributed by atoms with Crippen molar-refractivity contribution in [1.82, 2.24) is 0 Å². The molecule has 3 atom stereocenters. The highest BCUT2D eigenvalue weighted by Crippen LogP contribution is 2.51. The molecule has 2 saturated carbocycles. The second kappa shape index (κ2) is 9.44.